The van der Waals surface area contributed by atoms with E-state index in [0.29, 0.717) is 11.1 Å². The normalized spacial score (nSPS) is 9.80. The Hall–Kier alpha value is -1.10. The molecular formula is C10H11BrFNO2. The molecule has 0 unspecified atom stereocenters. The molecule has 0 bridgehead atoms. The van der Waals surface area contributed by atoms with Crippen LogP contribution in [0.5, 0.6) is 0 Å². The van der Waals surface area contributed by atoms with E-state index in [1.807, 2.05) is 0 Å². The monoisotopic (exact) mass is 275 g/mol. The van der Waals surface area contributed by atoms with Gasteiger partial charge >= 0.3 is 5.97 Å². The fourth-order valence-corrected chi connectivity index (χ4v) is 1.52. The fraction of sp³-hybridized carbons (Fsp3) is 0.300. The molecule has 0 heterocycles. The molecule has 1 rings (SSSR count). The van der Waals surface area contributed by atoms with E-state index in [1.165, 1.54) is 6.07 Å². The number of esters is 1. The lowest BCUT2D eigenvalue weighted by Crippen LogP contribution is -2.17. The van der Waals surface area contributed by atoms with Crippen molar-refractivity contribution < 1.29 is 13.9 Å². The van der Waals surface area contributed by atoms with Gasteiger partial charge in [-0.15, -0.1) is 0 Å². The molecule has 0 fully saturated rings. The van der Waals surface area contributed by atoms with Gasteiger partial charge in [0.25, 0.3) is 0 Å². The second-order valence-electron chi connectivity index (χ2n) is 2.76. The third kappa shape index (κ3) is 3.51. The number of hydrogen-bond donors (Lipinski definition) is 1. The van der Waals surface area contributed by atoms with Gasteiger partial charge in [-0.3, -0.25) is 4.79 Å². The first-order valence-corrected chi connectivity index (χ1v) is 5.28. The van der Waals surface area contributed by atoms with Crippen molar-refractivity contribution in [3.8, 4) is 0 Å². The average molecular weight is 276 g/mol. The molecule has 0 radical (unpaired) electrons. The Balaban J connectivity index is 2.61. The van der Waals surface area contributed by atoms with E-state index in [9.17, 15) is 9.18 Å². The zero-order chi connectivity index (χ0) is 11.3. The Morgan fingerprint density at radius 3 is 2.93 bits per heavy atom. The minimum atomic E-state index is -0.410. The molecule has 5 heteroatoms. The molecule has 1 aromatic carbocycles. The summed E-state index contributed by atoms with van der Waals surface area (Å²) >= 11 is 3.18. The fourth-order valence-electron chi connectivity index (χ4n) is 1.04. The smallest absolute Gasteiger partial charge is 0.325 e. The SMILES string of the molecule is CCOC(=O)CNc1c(F)cccc1Br. The molecule has 0 amide bonds. The van der Waals surface area contributed by atoms with Gasteiger partial charge in [-0.2, -0.15) is 0 Å². The van der Waals surface area contributed by atoms with Gasteiger partial charge in [-0.25, -0.2) is 4.39 Å². The van der Waals surface area contributed by atoms with Crippen LogP contribution in [0.15, 0.2) is 22.7 Å². The summed E-state index contributed by atoms with van der Waals surface area (Å²) in [5, 5.41) is 2.67. The third-order valence-corrected chi connectivity index (χ3v) is 2.34. The number of nitrogens with one attached hydrogen (secondary N) is 1. The molecule has 82 valence electrons. The highest BCUT2D eigenvalue weighted by molar-refractivity contribution is 9.10. The number of carbonyl (C=O) groups is 1. The Bertz CT molecular complexity index is 337. The van der Waals surface area contributed by atoms with Crippen LogP contribution in [0.4, 0.5) is 10.1 Å². The largest absolute Gasteiger partial charge is 0.465 e. The van der Waals surface area contributed by atoms with Gasteiger partial charge < -0.3 is 10.1 Å². The van der Waals surface area contributed by atoms with Crippen LogP contribution in [-0.4, -0.2) is 19.1 Å². The van der Waals surface area contributed by atoms with Gasteiger partial charge in [-0.1, -0.05) is 6.07 Å². The molecule has 0 aliphatic rings. The third-order valence-electron chi connectivity index (χ3n) is 1.68. The van der Waals surface area contributed by atoms with Crippen LogP contribution in [-0.2, 0) is 9.53 Å². The summed E-state index contributed by atoms with van der Waals surface area (Å²) in [6.07, 6.45) is 0. The van der Waals surface area contributed by atoms with E-state index in [1.54, 1.807) is 19.1 Å². The number of hydrogen-bond acceptors (Lipinski definition) is 3. The van der Waals surface area contributed by atoms with Crippen LogP contribution in [0.2, 0.25) is 0 Å². The van der Waals surface area contributed by atoms with E-state index in [-0.39, 0.29) is 12.2 Å². The second kappa shape index (κ2) is 5.70. The standard InChI is InChI=1S/C10H11BrFNO2/c1-2-15-9(14)6-13-10-7(11)4-3-5-8(10)12/h3-5,13H,2,6H2,1H3. The summed E-state index contributed by atoms with van der Waals surface area (Å²) in [5.41, 5.74) is 0.269. The molecule has 0 saturated carbocycles. The van der Waals surface area contributed by atoms with Crippen molar-refractivity contribution in [3.05, 3.63) is 28.5 Å². The Labute approximate surface area is 95.7 Å². The zero-order valence-corrected chi connectivity index (χ0v) is 9.80. The van der Waals surface area contributed by atoms with Crippen molar-refractivity contribution in [1.82, 2.24) is 0 Å². The quantitative estimate of drug-likeness (QED) is 0.859. The molecule has 0 aliphatic carbocycles. The molecule has 0 aromatic heterocycles. The maximum Gasteiger partial charge on any atom is 0.325 e. The van der Waals surface area contributed by atoms with Gasteiger partial charge in [0.1, 0.15) is 12.4 Å². The summed E-state index contributed by atoms with van der Waals surface area (Å²) < 4.78 is 18.5. The van der Waals surface area contributed by atoms with Crippen LogP contribution < -0.4 is 5.32 Å². The Morgan fingerprint density at radius 2 is 2.33 bits per heavy atom. The van der Waals surface area contributed by atoms with Gasteiger partial charge in [0.2, 0.25) is 0 Å². The van der Waals surface area contributed by atoms with Crippen molar-refractivity contribution in [2.45, 2.75) is 6.92 Å². The number of anilines is 1. The lowest BCUT2D eigenvalue weighted by Gasteiger charge is -2.08. The maximum absolute atomic E-state index is 13.2. The first kappa shape index (κ1) is 12.0. The molecular weight excluding hydrogens is 265 g/mol. The van der Waals surface area contributed by atoms with Crippen molar-refractivity contribution in [2.75, 3.05) is 18.5 Å². The Morgan fingerprint density at radius 1 is 1.60 bits per heavy atom. The van der Waals surface area contributed by atoms with Gasteiger partial charge in [-0.05, 0) is 35.0 Å². The summed E-state index contributed by atoms with van der Waals surface area (Å²) in [7, 11) is 0. The molecule has 0 aliphatic heterocycles. The summed E-state index contributed by atoms with van der Waals surface area (Å²) in [4.78, 5) is 11.0. The minimum absolute atomic E-state index is 0.0482. The van der Waals surface area contributed by atoms with E-state index >= 15 is 0 Å². The number of carbonyl (C=O) groups excluding carboxylic acids is 1. The number of halogens is 2. The molecule has 3 nitrogen and oxygen atoms in total. The van der Waals surface area contributed by atoms with Crippen molar-refractivity contribution >= 4 is 27.6 Å². The van der Waals surface area contributed by atoms with Gasteiger partial charge in [0, 0.05) is 4.47 Å². The Kier molecular flexibility index (Phi) is 4.55. The number of ether oxygens (including phenoxy) is 1. The van der Waals surface area contributed by atoms with Crippen LogP contribution in [0.3, 0.4) is 0 Å². The highest BCUT2D eigenvalue weighted by atomic mass is 79.9. The summed E-state index contributed by atoms with van der Waals surface area (Å²) in [6.45, 7) is 1.99. The van der Waals surface area contributed by atoms with Gasteiger partial charge in [0.05, 0.1) is 12.3 Å². The maximum atomic E-state index is 13.2. The molecule has 1 aromatic rings. The average Bonchev–Trinajstić information content (AvgIpc) is 2.17. The van der Waals surface area contributed by atoms with E-state index in [2.05, 4.69) is 21.2 Å². The van der Waals surface area contributed by atoms with Crippen molar-refractivity contribution in [3.63, 3.8) is 0 Å². The highest BCUT2D eigenvalue weighted by Gasteiger charge is 2.08. The number of rotatable bonds is 4. The lowest BCUT2D eigenvalue weighted by atomic mass is 10.3. The van der Waals surface area contributed by atoms with E-state index in [0.717, 1.165) is 0 Å². The highest BCUT2D eigenvalue weighted by Crippen LogP contribution is 2.24. The minimum Gasteiger partial charge on any atom is -0.465 e. The first-order valence-electron chi connectivity index (χ1n) is 4.48. The zero-order valence-electron chi connectivity index (χ0n) is 8.22. The van der Waals surface area contributed by atoms with Crippen LogP contribution in [0, 0.1) is 5.82 Å². The number of para-hydroxylation sites is 1. The predicted octanol–water partition coefficient (Wildman–Crippen LogP) is 2.56. The molecule has 1 N–H and O–H groups in total. The van der Waals surface area contributed by atoms with E-state index < -0.39 is 11.8 Å². The van der Waals surface area contributed by atoms with Crippen LogP contribution in [0.25, 0.3) is 0 Å². The van der Waals surface area contributed by atoms with Crippen molar-refractivity contribution in [2.24, 2.45) is 0 Å². The lowest BCUT2D eigenvalue weighted by molar-refractivity contribution is -0.140. The number of benzene rings is 1. The van der Waals surface area contributed by atoms with Crippen LogP contribution >= 0.6 is 15.9 Å². The van der Waals surface area contributed by atoms with Gasteiger partial charge in [0.15, 0.2) is 0 Å². The molecule has 0 atom stereocenters. The molecule has 15 heavy (non-hydrogen) atoms. The second-order valence-corrected chi connectivity index (χ2v) is 3.61. The molecule has 0 spiro atoms. The van der Waals surface area contributed by atoms with E-state index in [4.69, 9.17) is 4.74 Å². The summed E-state index contributed by atoms with van der Waals surface area (Å²) in [6, 6.07) is 4.59. The predicted molar refractivity (Wildman–Crippen MR) is 59.2 cm³/mol. The first-order chi connectivity index (χ1) is 7.15. The van der Waals surface area contributed by atoms with Crippen LogP contribution in [0.1, 0.15) is 6.92 Å². The van der Waals surface area contributed by atoms with Crippen molar-refractivity contribution in [1.29, 1.82) is 0 Å². The topological polar surface area (TPSA) is 38.3 Å². The molecule has 0 saturated heterocycles. The summed E-state index contributed by atoms with van der Waals surface area (Å²) in [5.74, 6) is -0.818.